The average Bonchev–Trinajstić information content (AvgIpc) is 2.14. The zero-order chi connectivity index (χ0) is 11.5. The monoisotopic (exact) mass is 225 g/mol. The van der Waals surface area contributed by atoms with Crippen molar-refractivity contribution in [1.82, 2.24) is 0 Å². The second-order valence-electron chi connectivity index (χ2n) is 3.27. The third-order valence-electron chi connectivity index (χ3n) is 2.06. The van der Waals surface area contributed by atoms with Crippen LogP contribution >= 0.6 is 0 Å². The van der Waals surface area contributed by atoms with E-state index in [9.17, 15) is 13.2 Å². The van der Waals surface area contributed by atoms with E-state index in [4.69, 9.17) is 0 Å². The first kappa shape index (κ1) is 11.6. The molecule has 15 heavy (non-hydrogen) atoms. The molecule has 0 spiro atoms. The van der Waals surface area contributed by atoms with E-state index in [0.29, 0.717) is 0 Å². The van der Waals surface area contributed by atoms with E-state index in [1.165, 1.54) is 12.1 Å². The van der Waals surface area contributed by atoms with Gasteiger partial charge in [0.1, 0.15) is 0 Å². The second-order valence-corrected chi connectivity index (χ2v) is 5.28. The molecular weight excluding hydrogens is 214 g/mol. The van der Waals surface area contributed by atoms with E-state index in [0.717, 1.165) is 17.4 Å². The molecule has 0 aromatic heterocycles. The highest BCUT2D eigenvalue weighted by Gasteiger charge is 2.08. The first-order valence-electron chi connectivity index (χ1n) is 4.28. The van der Waals surface area contributed by atoms with Crippen LogP contribution in [0.2, 0.25) is 0 Å². The van der Waals surface area contributed by atoms with Gasteiger partial charge >= 0.3 is 0 Å². The summed E-state index contributed by atoms with van der Waals surface area (Å²) in [7, 11) is -3.17. The first-order valence-corrected chi connectivity index (χ1v) is 6.17. The van der Waals surface area contributed by atoms with Crippen molar-refractivity contribution in [2.45, 2.75) is 18.4 Å². The normalized spacial score (nSPS) is 10.8. The molecule has 4 nitrogen and oxygen atoms in total. The lowest BCUT2D eigenvalue weighted by Gasteiger charge is -2.04. The van der Waals surface area contributed by atoms with Gasteiger partial charge in [-0.25, -0.2) is 18.2 Å². The molecule has 0 atom stereocenters. The largest absolute Gasteiger partial charge is 0.235 e. The third kappa shape index (κ3) is 3.01. The molecule has 0 saturated heterocycles. The van der Waals surface area contributed by atoms with Crippen LogP contribution in [0.5, 0.6) is 0 Å². The number of hydrogen-bond donors (Lipinski definition) is 0. The van der Waals surface area contributed by atoms with Gasteiger partial charge in [-0.1, -0.05) is 6.07 Å². The van der Waals surface area contributed by atoms with Crippen molar-refractivity contribution in [3.63, 3.8) is 0 Å². The lowest BCUT2D eigenvalue weighted by molar-refractivity contribution is 0.562. The van der Waals surface area contributed by atoms with Gasteiger partial charge in [-0.2, -0.15) is 0 Å². The molecule has 1 rings (SSSR count). The highest BCUT2D eigenvalue weighted by Crippen LogP contribution is 2.15. The Labute approximate surface area is 88.6 Å². The molecule has 1 aromatic carbocycles. The summed E-state index contributed by atoms with van der Waals surface area (Å²) in [5.41, 5.74) is 1.63. The maximum atomic E-state index is 11.2. The van der Waals surface area contributed by atoms with Crippen LogP contribution in [0.4, 0.5) is 0 Å². The van der Waals surface area contributed by atoms with Gasteiger partial charge in [-0.15, -0.1) is 0 Å². The van der Waals surface area contributed by atoms with Crippen LogP contribution in [0, 0.1) is 6.92 Å². The molecule has 0 heterocycles. The lowest BCUT2D eigenvalue weighted by atomic mass is 10.1. The first-order chi connectivity index (χ1) is 6.95. The molecule has 0 bridgehead atoms. The molecule has 5 heteroatoms. The number of sulfone groups is 1. The van der Waals surface area contributed by atoms with Gasteiger partial charge in [0.15, 0.2) is 9.84 Å². The van der Waals surface area contributed by atoms with Crippen LogP contribution in [0.3, 0.4) is 0 Å². The molecule has 0 saturated carbocycles. The minimum atomic E-state index is -3.17. The molecule has 0 amide bonds. The zero-order valence-corrected chi connectivity index (χ0v) is 9.34. The summed E-state index contributed by atoms with van der Waals surface area (Å²) < 4.78 is 22.4. The van der Waals surface area contributed by atoms with E-state index in [1.807, 2.05) is 0 Å². The third-order valence-corrected chi connectivity index (χ3v) is 3.17. The molecular formula is C10H11NO3S. The summed E-state index contributed by atoms with van der Waals surface area (Å²) in [6.45, 7) is 2.02. The molecule has 0 unspecified atom stereocenters. The topological polar surface area (TPSA) is 63.6 Å². The molecule has 1 aromatic rings. The van der Waals surface area contributed by atoms with Gasteiger partial charge in [0.05, 0.1) is 11.4 Å². The Kier molecular flexibility index (Phi) is 3.39. The van der Waals surface area contributed by atoms with Crippen molar-refractivity contribution in [3.8, 4) is 0 Å². The van der Waals surface area contributed by atoms with Gasteiger partial charge < -0.3 is 0 Å². The summed E-state index contributed by atoms with van der Waals surface area (Å²) >= 11 is 0. The Bertz CT molecular complexity index is 513. The number of aryl methyl sites for hydroxylation is 1. The summed E-state index contributed by atoms with van der Waals surface area (Å²) in [6, 6.07) is 4.75. The van der Waals surface area contributed by atoms with Crippen LogP contribution in [0.1, 0.15) is 11.1 Å². The van der Waals surface area contributed by atoms with Crippen molar-refractivity contribution >= 4 is 15.9 Å². The minimum absolute atomic E-state index is 0.235. The van der Waals surface area contributed by atoms with Crippen LogP contribution in [0.25, 0.3) is 0 Å². The Morgan fingerprint density at radius 1 is 1.40 bits per heavy atom. The summed E-state index contributed by atoms with van der Waals surface area (Å²) in [5, 5.41) is 0. The Hall–Kier alpha value is -1.45. The van der Waals surface area contributed by atoms with E-state index < -0.39 is 9.84 Å². The number of carbonyl (C=O) groups excluding carboxylic acids is 1. The van der Waals surface area contributed by atoms with Crippen LogP contribution in [-0.4, -0.2) is 20.8 Å². The molecule has 0 aliphatic heterocycles. The fourth-order valence-corrected chi connectivity index (χ4v) is 1.90. The smallest absolute Gasteiger partial charge is 0.224 e. The molecule has 0 radical (unpaired) electrons. The van der Waals surface area contributed by atoms with Crippen LogP contribution < -0.4 is 0 Å². The molecule has 0 aliphatic carbocycles. The molecule has 0 aliphatic rings. The van der Waals surface area contributed by atoms with Crippen molar-refractivity contribution in [2.24, 2.45) is 4.99 Å². The van der Waals surface area contributed by atoms with E-state index >= 15 is 0 Å². The summed E-state index contributed by atoms with van der Waals surface area (Å²) in [4.78, 5) is 13.6. The van der Waals surface area contributed by atoms with Gasteiger partial charge in [-0.05, 0) is 30.2 Å². The number of hydrogen-bond acceptors (Lipinski definition) is 4. The van der Waals surface area contributed by atoms with E-state index in [2.05, 4.69) is 4.99 Å². The fourth-order valence-electron chi connectivity index (χ4n) is 1.19. The highest BCUT2D eigenvalue weighted by atomic mass is 32.2. The summed E-state index contributed by atoms with van der Waals surface area (Å²) in [5.74, 6) is 0. The van der Waals surface area contributed by atoms with Crippen molar-refractivity contribution < 1.29 is 13.2 Å². The number of nitrogens with zero attached hydrogens (tertiary/aromatic N) is 1. The standard InChI is InChI=1S/C10H11NO3S/c1-8-5-10(15(2,13)14)4-3-9(8)6-11-7-12/h3-5H,6H2,1-2H3. The maximum Gasteiger partial charge on any atom is 0.235 e. The van der Waals surface area contributed by atoms with Crippen LogP contribution in [-0.2, 0) is 21.2 Å². The Balaban J connectivity index is 3.14. The SMILES string of the molecule is Cc1cc(S(C)(=O)=O)ccc1CN=C=O. The van der Waals surface area contributed by atoms with Crippen molar-refractivity contribution in [2.75, 3.05) is 6.26 Å². The van der Waals surface area contributed by atoms with E-state index in [1.54, 1.807) is 19.1 Å². The Morgan fingerprint density at radius 3 is 2.53 bits per heavy atom. The average molecular weight is 225 g/mol. The number of benzene rings is 1. The van der Waals surface area contributed by atoms with Gasteiger partial charge in [0, 0.05) is 6.26 Å². The second kappa shape index (κ2) is 4.38. The number of aliphatic imine (C=N–C) groups is 1. The Morgan fingerprint density at radius 2 is 2.07 bits per heavy atom. The van der Waals surface area contributed by atoms with Crippen LogP contribution in [0.15, 0.2) is 28.1 Å². The molecule has 0 N–H and O–H groups in total. The molecule has 0 fully saturated rings. The summed E-state index contributed by atoms with van der Waals surface area (Å²) in [6.07, 6.45) is 2.60. The predicted molar refractivity (Wildman–Crippen MR) is 56.1 cm³/mol. The minimum Gasteiger partial charge on any atom is -0.224 e. The van der Waals surface area contributed by atoms with E-state index in [-0.39, 0.29) is 11.4 Å². The van der Waals surface area contributed by atoms with Crippen molar-refractivity contribution in [3.05, 3.63) is 29.3 Å². The fraction of sp³-hybridized carbons (Fsp3) is 0.300. The number of rotatable bonds is 3. The number of isocyanates is 1. The quantitative estimate of drug-likeness (QED) is 0.574. The van der Waals surface area contributed by atoms with Gasteiger partial charge in [0.25, 0.3) is 0 Å². The van der Waals surface area contributed by atoms with Gasteiger partial charge in [0.2, 0.25) is 6.08 Å². The van der Waals surface area contributed by atoms with Gasteiger partial charge in [-0.3, -0.25) is 0 Å². The maximum absolute atomic E-state index is 11.2. The molecule has 80 valence electrons. The predicted octanol–water partition coefficient (Wildman–Crippen LogP) is 1.23. The highest BCUT2D eigenvalue weighted by molar-refractivity contribution is 7.90. The lowest BCUT2D eigenvalue weighted by Crippen LogP contribution is -1.98. The zero-order valence-electron chi connectivity index (χ0n) is 8.52. The van der Waals surface area contributed by atoms with Crippen molar-refractivity contribution in [1.29, 1.82) is 0 Å².